The van der Waals surface area contributed by atoms with Crippen LogP contribution in [0, 0.1) is 0 Å². The van der Waals surface area contributed by atoms with Crippen molar-refractivity contribution in [3.8, 4) is 5.75 Å². The predicted octanol–water partition coefficient (Wildman–Crippen LogP) is 4.45. The van der Waals surface area contributed by atoms with Crippen LogP contribution in [0.25, 0.3) is 6.08 Å². The summed E-state index contributed by atoms with van der Waals surface area (Å²) in [5.74, 6) is -0.752. The molecule has 0 spiro atoms. The van der Waals surface area contributed by atoms with E-state index >= 15 is 0 Å². The number of thioether (sulfide) groups is 1. The van der Waals surface area contributed by atoms with Gasteiger partial charge in [-0.05, 0) is 42.0 Å². The lowest BCUT2D eigenvalue weighted by atomic mass is 10.1. The summed E-state index contributed by atoms with van der Waals surface area (Å²) in [6, 6.07) is 11.2. The van der Waals surface area contributed by atoms with Gasteiger partial charge in [-0.15, -0.1) is 0 Å². The molecule has 1 amide bonds. The maximum absolute atomic E-state index is 12.7. The SMILES string of the molecule is COc1ccc(N2C(=O)C(=Cc3ccc(C(=O)O)cc3)SC2=S)cc1Cl. The van der Waals surface area contributed by atoms with E-state index in [9.17, 15) is 9.59 Å². The largest absolute Gasteiger partial charge is 0.495 e. The number of amides is 1. The summed E-state index contributed by atoms with van der Waals surface area (Å²) in [6.07, 6.45) is 1.68. The molecule has 132 valence electrons. The quantitative estimate of drug-likeness (QED) is 0.598. The first-order valence-electron chi connectivity index (χ1n) is 7.35. The zero-order chi connectivity index (χ0) is 18.8. The van der Waals surface area contributed by atoms with E-state index in [1.165, 1.54) is 35.9 Å². The number of rotatable bonds is 4. The Morgan fingerprint density at radius 3 is 2.54 bits per heavy atom. The van der Waals surface area contributed by atoms with Crippen LogP contribution in [0.5, 0.6) is 5.75 Å². The van der Waals surface area contributed by atoms with Crippen LogP contribution in [-0.4, -0.2) is 28.4 Å². The topological polar surface area (TPSA) is 66.8 Å². The van der Waals surface area contributed by atoms with Gasteiger partial charge in [-0.2, -0.15) is 0 Å². The van der Waals surface area contributed by atoms with Crippen LogP contribution < -0.4 is 9.64 Å². The summed E-state index contributed by atoms with van der Waals surface area (Å²) >= 11 is 12.6. The lowest BCUT2D eigenvalue weighted by Crippen LogP contribution is -2.27. The number of carbonyl (C=O) groups is 2. The maximum Gasteiger partial charge on any atom is 0.335 e. The lowest BCUT2D eigenvalue weighted by Gasteiger charge is -2.15. The number of nitrogens with zero attached hydrogens (tertiary/aromatic N) is 1. The van der Waals surface area contributed by atoms with E-state index in [1.807, 2.05) is 0 Å². The molecule has 0 aliphatic carbocycles. The number of hydrogen-bond donors (Lipinski definition) is 1. The highest BCUT2D eigenvalue weighted by Crippen LogP contribution is 2.38. The Hall–Kier alpha value is -2.35. The number of carboxylic acids is 1. The molecular formula is C18H12ClNO4S2. The third-order valence-corrected chi connectivity index (χ3v) is 5.24. The average Bonchev–Trinajstić information content (AvgIpc) is 2.89. The molecule has 0 aromatic heterocycles. The van der Waals surface area contributed by atoms with Crippen LogP contribution in [0.1, 0.15) is 15.9 Å². The Bertz CT molecular complexity index is 941. The highest BCUT2D eigenvalue weighted by molar-refractivity contribution is 8.27. The molecular weight excluding hydrogens is 394 g/mol. The van der Waals surface area contributed by atoms with Crippen molar-refractivity contribution in [1.82, 2.24) is 0 Å². The number of thiocarbonyl (C=S) groups is 1. The van der Waals surface area contributed by atoms with E-state index in [-0.39, 0.29) is 11.5 Å². The molecule has 2 aromatic carbocycles. The predicted molar refractivity (Wildman–Crippen MR) is 107 cm³/mol. The van der Waals surface area contributed by atoms with Gasteiger partial charge in [0, 0.05) is 0 Å². The summed E-state index contributed by atoms with van der Waals surface area (Å²) < 4.78 is 5.51. The summed E-state index contributed by atoms with van der Waals surface area (Å²) in [5.41, 5.74) is 1.45. The summed E-state index contributed by atoms with van der Waals surface area (Å²) in [7, 11) is 1.51. The van der Waals surface area contributed by atoms with Crippen molar-refractivity contribution in [2.24, 2.45) is 0 Å². The number of carboxylic acid groups (broad SMARTS) is 1. The van der Waals surface area contributed by atoms with Crippen LogP contribution >= 0.6 is 35.6 Å². The lowest BCUT2D eigenvalue weighted by molar-refractivity contribution is -0.113. The number of ether oxygens (including phenoxy) is 1. The van der Waals surface area contributed by atoms with Gasteiger partial charge in [-0.25, -0.2) is 4.79 Å². The Labute approximate surface area is 164 Å². The highest BCUT2D eigenvalue weighted by Gasteiger charge is 2.33. The fraction of sp³-hybridized carbons (Fsp3) is 0.0556. The molecule has 1 fully saturated rings. The fourth-order valence-corrected chi connectivity index (χ4v) is 3.91. The standard InChI is InChI=1S/C18H12ClNO4S2/c1-24-14-7-6-12(9-13(14)19)20-16(21)15(26-18(20)25)8-10-2-4-11(5-3-10)17(22)23/h2-9H,1H3,(H,22,23). The van der Waals surface area contributed by atoms with Crippen molar-refractivity contribution in [2.75, 3.05) is 12.0 Å². The number of methoxy groups -OCH3 is 1. The fourth-order valence-electron chi connectivity index (χ4n) is 2.36. The molecule has 1 aliphatic rings. The van der Waals surface area contributed by atoms with Gasteiger partial charge in [-0.1, -0.05) is 47.7 Å². The van der Waals surface area contributed by atoms with E-state index in [2.05, 4.69) is 0 Å². The van der Waals surface area contributed by atoms with E-state index in [0.29, 0.717) is 31.2 Å². The van der Waals surface area contributed by atoms with Gasteiger partial charge in [0.2, 0.25) is 0 Å². The first kappa shape index (κ1) is 18.4. The van der Waals surface area contributed by atoms with Crippen LogP contribution in [-0.2, 0) is 4.79 Å². The zero-order valence-corrected chi connectivity index (χ0v) is 15.8. The molecule has 5 nitrogen and oxygen atoms in total. The van der Waals surface area contributed by atoms with Crippen LogP contribution in [0.15, 0.2) is 47.4 Å². The van der Waals surface area contributed by atoms with E-state index in [0.717, 1.165) is 0 Å². The minimum absolute atomic E-state index is 0.183. The number of carbonyl (C=O) groups excluding carboxylic acids is 1. The minimum Gasteiger partial charge on any atom is -0.495 e. The summed E-state index contributed by atoms with van der Waals surface area (Å²) in [4.78, 5) is 25.5. The molecule has 0 saturated carbocycles. The van der Waals surface area contributed by atoms with E-state index < -0.39 is 5.97 Å². The van der Waals surface area contributed by atoms with Gasteiger partial charge in [-0.3, -0.25) is 9.69 Å². The Morgan fingerprint density at radius 2 is 1.96 bits per heavy atom. The summed E-state index contributed by atoms with van der Waals surface area (Å²) in [5, 5.41) is 9.32. The first-order chi connectivity index (χ1) is 12.4. The minimum atomic E-state index is -1.00. The molecule has 3 rings (SSSR count). The molecule has 8 heteroatoms. The van der Waals surface area contributed by atoms with Crippen LogP contribution in [0.4, 0.5) is 5.69 Å². The van der Waals surface area contributed by atoms with Gasteiger partial charge < -0.3 is 9.84 Å². The van der Waals surface area contributed by atoms with Crippen LogP contribution in [0.3, 0.4) is 0 Å². The maximum atomic E-state index is 12.7. The Morgan fingerprint density at radius 1 is 1.27 bits per heavy atom. The van der Waals surface area contributed by atoms with Crippen molar-refractivity contribution in [1.29, 1.82) is 0 Å². The van der Waals surface area contributed by atoms with Crippen LogP contribution in [0.2, 0.25) is 5.02 Å². The molecule has 1 N–H and O–H groups in total. The number of aromatic carboxylic acids is 1. The van der Waals surface area contributed by atoms with Crippen molar-refractivity contribution >= 4 is 63.5 Å². The molecule has 0 unspecified atom stereocenters. The molecule has 0 radical (unpaired) electrons. The zero-order valence-electron chi connectivity index (χ0n) is 13.4. The Balaban J connectivity index is 1.88. The van der Waals surface area contributed by atoms with Gasteiger partial charge in [0.1, 0.15) is 5.75 Å². The van der Waals surface area contributed by atoms with Gasteiger partial charge in [0.15, 0.2) is 4.32 Å². The number of halogens is 1. The smallest absolute Gasteiger partial charge is 0.335 e. The average molecular weight is 406 g/mol. The third kappa shape index (κ3) is 3.60. The molecule has 26 heavy (non-hydrogen) atoms. The molecule has 0 bridgehead atoms. The molecule has 2 aromatic rings. The van der Waals surface area contributed by atoms with Crippen molar-refractivity contribution < 1.29 is 19.4 Å². The van der Waals surface area contributed by atoms with E-state index in [4.69, 9.17) is 33.7 Å². The second-order valence-electron chi connectivity index (χ2n) is 5.26. The second kappa shape index (κ2) is 7.49. The molecule has 1 saturated heterocycles. The van der Waals surface area contributed by atoms with Gasteiger partial charge >= 0.3 is 5.97 Å². The Kier molecular flexibility index (Phi) is 5.31. The third-order valence-electron chi connectivity index (χ3n) is 3.64. The number of anilines is 1. The highest BCUT2D eigenvalue weighted by atomic mass is 35.5. The molecule has 1 aliphatic heterocycles. The number of hydrogen-bond acceptors (Lipinski definition) is 5. The van der Waals surface area contributed by atoms with E-state index in [1.54, 1.807) is 36.4 Å². The molecule has 1 heterocycles. The van der Waals surface area contributed by atoms with Crippen molar-refractivity contribution in [3.05, 3.63) is 63.5 Å². The van der Waals surface area contributed by atoms with Crippen molar-refractivity contribution in [2.45, 2.75) is 0 Å². The van der Waals surface area contributed by atoms with Gasteiger partial charge in [0.25, 0.3) is 5.91 Å². The normalized spacial score (nSPS) is 15.6. The molecule has 0 atom stereocenters. The van der Waals surface area contributed by atoms with Gasteiger partial charge in [0.05, 0.1) is 28.3 Å². The van der Waals surface area contributed by atoms with Crippen molar-refractivity contribution in [3.63, 3.8) is 0 Å². The summed E-state index contributed by atoms with van der Waals surface area (Å²) in [6.45, 7) is 0. The monoisotopic (exact) mass is 405 g/mol. The number of benzene rings is 2. The second-order valence-corrected chi connectivity index (χ2v) is 7.35. The first-order valence-corrected chi connectivity index (χ1v) is 8.96.